The second-order valence-electron chi connectivity index (χ2n) is 6.48. The molecule has 1 saturated heterocycles. The van der Waals surface area contributed by atoms with E-state index in [1.165, 1.54) is 0 Å². The summed E-state index contributed by atoms with van der Waals surface area (Å²) >= 11 is 0. The van der Waals surface area contributed by atoms with Crippen LogP contribution in [0.5, 0.6) is 0 Å². The molecule has 1 fully saturated rings. The van der Waals surface area contributed by atoms with Crippen LogP contribution < -0.4 is 0 Å². The zero-order chi connectivity index (χ0) is 18.9. The Balaban J connectivity index is 1.61. The summed E-state index contributed by atoms with van der Waals surface area (Å²) in [4.78, 5) is 24.1. The van der Waals surface area contributed by atoms with Gasteiger partial charge in [-0.1, -0.05) is 0 Å². The van der Waals surface area contributed by atoms with Gasteiger partial charge in [0.25, 0.3) is 5.91 Å². The third-order valence-corrected chi connectivity index (χ3v) is 4.72. The Hall–Kier alpha value is -3.45. The zero-order valence-corrected chi connectivity index (χ0v) is 15.0. The average molecular weight is 375 g/mol. The van der Waals surface area contributed by atoms with Crippen molar-refractivity contribution in [1.82, 2.24) is 14.9 Å². The summed E-state index contributed by atoms with van der Waals surface area (Å²) < 4.78 is 16.4. The first-order chi connectivity index (χ1) is 13.8. The summed E-state index contributed by atoms with van der Waals surface area (Å²) in [6, 6.07) is 12.6. The van der Waals surface area contributed by atoms with Gasteiger partial charge in [0.2, 0.25) is 0 Å². The van der Waals surface area contributed by atoms with E-state index in [9.17, 15) is 4.79 Å². The molecule has 0 unspecified atom stereocenters. The lowest BCUT2D eigenvalue weighted by atomic mass is 10.1. The Morgan fingerprint density at radius 1 is 0.857 bits per heavy atom. The maximum absolute atomic E-state index is 12.8. The number of ether oxygens (including phenoxy) is 1. The second-order valence-corrected chi connectivity index (χ2v) is 6.48. The zero-order valence-electron chi connectivity index (χ0n) is 15.0. The van der Waals surface area contributed by atoms with Gasteiger partial charge in [-0.15, -0.1) is 0 Å². The Morgan fingerprint density at radius 2 is 1.50 bits per heavy atom. The van der Waals surface area contributed by atoms with Gasteiger partial charge in [0.15, 0.2) is 11.5 Å². The standard InChI is InChI=1S/C21H17N3O4/c25-21(24-7-11-26-12-8-24)14-5-6-15-16(13-14)23-20(18-4-2-10-28-18)19(22-15)17-3-1-9-27-17/h1-6,9-10,13H,7-8,11-12H2. The van der Waals surface area contributed by atoms with E-state index < -0.39 is 0 Å². The number of nitrogens with zero attached hydrogens (tertiary/aromatic N) is 3. The van der Waals surface area contributed by atoms with Gasteiger partial charge in [-0.25, -0.2) is 9.97 Å². The minimum absolute atomic E-state index is 0.0262. The van der Waals surface area contributed by atoms with E-state index in [-0.39, 0.29) is 5.91 Å². The molecule has 4 heterocycles. The van der Waals surface area contributed by atoms with Crippen LogP contribution in [-0.4, -0.2) is 47.1 Å². The van der Waals surface area contributed by atoms with E-state index in [1.807, 2.05) is 18.2 Å². The quantitative estimate of drug-likeness (QED) is 0.544. The monoisotopic (exact) mass is 375 g/mol. The Bertz CT molecular complexity index is 1110. The number of fused-ring (bicyclic) bond motifs is 1. The highest BCUT2D eigenvalue weighted by molar-refractivity contribution is 5.98. The third kappa shape index (κ3) is 2.95. The predicted octanol–water partition coefficient (Wildman–Crippen LogP) is 3.62. The Kier molecular flexibility index (Phi) is 4.14. The van der Waals surface area contributed by atoms with Crippen molar-refractivity contribution in [3.63, 3.8) is 0 Å². The Morgan fingerprint density at radius 3 is 2.11 bits per heavy atom. The smallest absolute Gasteiger partial charge is 0.254 e. The lowest BCUT2D eigenvalue weighted by Crippen LogP contribution is -2.40. The molecule has 1 amide bonds. The number of aromatic nitrogens is 2. The van der Waals surface area contributed by atoms with Gasteiger partial charge in [-0.2, -0.15) is 0 Å². The van der Waals surface area contributed by atoms with Crippen LogP contribution in [0.15, 0.2) is 63.8 Å². The van der Waals surface area contributed by atoms with Crippen LogP contribution in [0.3, 0.4) is 0 Å². The fourth-order valence-electron chi connectivity index (χ4n) is 3.31. The number of hydrogen-bond donors (Lipinski definition) is 0. The third-order valence-electron chi connectivity index (χ3n) is 4.72. The molecule has 0 saturated carbocycles. The molecule has 0 aliphatic carbocycles. The maximum atomic E-state index is 12.8. The molecule has 4 aromatic rings. The van der Waals surface area contributed by atoms with Crippen LogP contribution in [0.1, 0.15) is 10.4 Å². The SMILES string of the molecule is O=C(c1ccc2nc(-c3ccco3)c(-c3ccco3)nc2c1)N1CCOCC1. The van der Waals surface area contributed by atoms with Gasteiger partial charge in [0, 0.05) is 18.7 Å². The van der Waals surface area contributed by atoms with Gasteiger partial charge in [-0.3, -0.25) is 4.79 Å². The van der Waals surface area contributed by atoms with Gasteiger partial charge in [0.05, 0.1) is 36.8 Å². The lowest BCUT2D eigenvalue weighted by Gasteiger charge is -2.26. The van der Waals surface area contributed by atoms with Gasteiger partial charge in [0.1, 0.15) is 11.4 Å². The molecule has 1 aliphatic heterocycles. The number of amides is 1. The molecule has 7 nitrogen and oxygen atoms in total. The highest BCUT2D eigenvalue weighted by Crippen LogP contribution is 2.31. The van der Waals surface area contributed by atoms with Crippen molar-refractivity contribution in [2.75, 3.05) is 26.3 Å². The minimum Gasteiger partial charge on any atom is -0.463 e. The van der Waals surface area contributed by atoms with Crippen LogP contribution in [0.25, 0.3) is 33.9 Å². The molecule has 0 spiro atoms. The van der Waals surface area contributed by atoms with Crippen LogP contribution in [-0.2, 0) is 4.74 Å². The normalized spacial score (nSPS) is 14.5. The predicted molar refractivity (Wildman–Crippen MR) is 102 cm³/mol. The summed E-state index contributed by atoms with van der Waals surface area (Å²) in [5.74, 6) is 1.17. The summed E-state index contributed by atoms with van der Waals surface area (Å²) in [5.41, 5.74) is 3.06. The average Bonchev–Trinajstić information content (AvgIpc) is 3.46. The number of carbonyl (C=O) groups excluding carboxylic acids is 1. The topological polar surface area (TPSA) is 81.6 Å². The summed E-state index contributed by atoms with van der Waals surface area (Å²) in [5, 5.41) is 0. The first-order valence-corrected chi connectivity index (χ1v) is 9.06. The van der Waals surface area contributed by atoms with Crippen molar-refractivity contribution >= 4 is 16.9 Å². The highest BCUT2D eigenvalue weighted by Gasteiger charge is 2.21. The first kappa shape index (κ1) is 16.7. The molecule has 28 heavy (non-hydrogen) atoms. The van der Waals surface area contributed by atoms with Gasteiger partial charge < -0.3 is 18.5 Å². The van der Waals surface area contributed by atoms with Gasteiger partial charge in [-0.05, 0) is 42.5 Å². The molecule has 7 heteroatoms. The number of morpholine rings is 1. The number of benzene rings is 1. The molecule has 5 rings (SSSR count). The molecule has 0 N–H and O–H groups in total. The fraction of sp³-hybridized carbons (Fsp3) is 0.190. The molecular formula is C21H17N3O4. The van der Waals surface area contributed by atoms with Gasteiger partial charge >= 0.3 is 0 Å². The molecule has 1 aromatic carbocycles. The first-order valence-electron chi connectivity index (χ1n) is 9.06. The Labute approximate surface area is 160 Å². The number of carbonyl (C=O) groups is 1. The van der Waals surface area contributed by atoms with Crippen molar-refractivity contribution in [3.8, 4) is 22.9 Å². The minimum atomic E-state index is -0.0262. The largest absolute Gasteiger partial charge is 0.463 e. The lowest BCUT2D eigenvalue weighted by molar-refractivity contribution is 0.0303. The molecule has 3 aromatic heterocycles. The van der Waals surface area contributed by atoms with Crippen molar-refractivity contribution in [3.05, 3.63) is 60.6 Å². The summed E-state index contributed by atoms with van der Waals surface area (Å²) in [6.07, 6.45) is 3.18. The molecule has 0 atom stereocenters. The van der Waals surface area contributed by atoms with E-state index in [0.29, 0.717) is 65.8 Å². The van der Waals surface area contributed by atoms with E-state index in [2.05, 4.69) is 0 Å². The summed E-state index contributed by atoms with van der Waals surface area (Å²) in [6.45, 7) is 2.32. The number of furan rings is 2. The van der Waals surface area contributed by atoms with Crippen molar-refractivity contribution < 1.29 is 18.4 Å². The highest BCUT2D eigenvalue weighted by atomic mass is 16.5. The van der Waals surface area contributed by atoms with Crippen molar-refractivity contribution in [1.29, 1.82) is 0 Å². The van der Waals surface area contributed by atoms with Crippen LogP contribution in [0.2, 0.25) is 0 Å². The van der Waals surface area contributed by atoms with E-state index in [1.54, 1.807) is 41.7 Å². The van der Waals surface area contributed by atoms with E-state index in [4.69, 9.17) is 23.5 Å². The van der Waals surface area contributed by atoms with Crippen molar-refractivity contribution in [2.45, 2.75) is 0 Å². The van der Waals surface area contributed by atoms with E-state index in [0.717, 1.165) is 0 Å². The van der Waals surface area contributed by atoms with Crippen LogP contribution in [0.4, 0.5) is 0 Å². The van der Waals surface area contributed by atoms with Crippen LogP contribution in [0, 0.1) is 0 Å². The van der Waals surface area contributed by atoms with Crippen molar-refractivity contribution in [2.24, 2.45) is 0 Å². The maximum Gasteiger partial charge on any atom is 0.254 e. The van der Waals surface area contributed by atoms with Crippen LogP contribution >= 0.6 is 0 Å². The molecule has 1 aliphatic rings. The molecular weight excluding hydrogens is 358 g/mol. The van der Waals surface area contributed by atoms with E-state index >= 15 is 0 Å². The second kappa shape index (κ2) is 6.94. The molecule has 140 valence electrons. The number of rotatable bonds is 3. The molecule has 0 bridgehead atoms. The fourth-order valence-corrected chi connectivity index (χ4v) is 3.31. The number of hydrogen-bond acceptors (Lipinski definition) is 6. The summed E-state index contributed by atoms with van der Waals surface area (Å²) in [7, 11) is 0. The molecule has 0 radical (unpaired) electrons.